The number of hydrogen-bond donors (Lipinski definition) is 2. The van der Waals surface area contributed by atoms with E-state index < -0.39 is 0 Å². The molecule has 0 aliphatic carbocycles. The number of amides is 1. The van der Waals surface area contributed by atoms with Crippen molar-refractivity contribution in [3.05, 3.63) is 41.8 Å². The van der Waals surface area contributed by atoms with E-state index in [1.165, 1.54) is 0 Å². The third-order valence-electron chi connectivity index (χ3n) is 4.03. The van der Waals surface area contributed by atoms with E-state index in [1.54, 1.807) is 12.3 Å². The number of furan rings is 1. The Morgan fingerprint density at radius 2 is 2.17 bits per heavy atom. The minimum atomic E-state index is -0.0730. The lowest BCUT2D eigenvalue weighted by Crippen LogP contribution is -2.46. The highest BCUT2D eigenvalue weighted by molar-refractivity contribution is 5.95. The summed E-state index contributed by atoms with van der Waals surface area (Å²) in [6.45, 7) is 7.49. The molecule has 1 fully saturated rings. The van der Waals surface area contributed by atoms with Crippen LogP contribution in [-0.4, -0.2) is 55.1 Å². The summed E-state index contributed by atoms with van der Waals surface area (Å²) in [6, 6.07) is 7.30. The van der Waals surface area contributed by atoms with Crippen molar-refractivity contribution >= 4 is 5.91 Å². The number of nitrogens with one attached hydrogen (secondary N) is 2. The zero-order valence-corrected chi connectivity index (χ0v) is 13.3. The van der Waals surface area contributed by atoms with Crippen LogP contribution in [-0.2, 0) is 0 Å². The SMILES string of the molecule is Cc1nc(-c2ccco2)ccc1C(=O)NCCN1CCNCC1. The molecule has 0 aromatic carbocycles. The van der Waals surface area contributed by atoms with Gasteiger partial charge in [0, 0.05) is 39.3 Å². The van der Waals surface area contributed by atoms with E-state index in [2.05, 4.69) is 20.5 Å². The summed E-state index contributed by atoms with van der Waals surface area (Å²) in [6.07, 6.45) is 1.61. The lowest BCUT2D eigenvalue weighted by atomic mass is 10.1. The second-order valence-corrected chi connectivity index (χ2v) is 5.65. The summed E-state index contributed by atoms with van der Waals surface area (Å²) in [5, 5.41) is 6.30. The molecule has 0 radical (unpaired) electrons. The zero-order valence-electron chi connectivity index (χ0n) is 13.3. The third-order valence-corrected chi connectivity index (χ3v) is 4.03. The van der Waals surface area contributed by atoms with Gasteiger partial charge in [-0.1, -0.05) is 0 Å². The Hall–Kier alpha value is -2.18. The molecular formula is C17H22N4O2. The molecule has 122 valence electrons. The molecule has 0 bridgehead atoms. The molecule has 0 atom stereocenters. The first kappa shape index (κ1) is 15.7. The molecule has 1 aliphatic heterocycles. The van der Waals surface area contributed by atoms with Crippen LogP contribution in [0.25, 0.3) is 11.5 Å². The largest absolute Gasteiger partial charge is 0.463 e. The van der Waals surface area contributed by atoms with Crippen molar-refractivity contribution in [2.45, 2.75) is 6.92 Å². The Balaban J connectivity index is 1.56. The quantitative estimate of drug-likeness (QED) is 0.870. The van der Waals surface area contributed by atoms with E-state index in [9.17, 15) is 4.79 Å². The van der Waals surface area contributed by atoms with Crippen molar-refractivity contribution < 1.29 is 9.21 Å². The smallest absolute Gasteiger partial charge is 0.253 e. The van der Waals surface area contributed by atoms with Gasteiger partial charge in [-0.15, -0.1) is 0 Å². The maximum Gasteiger partial charge on any atom is 0.253 e. The summed E-state index contributed by atoms with van der Waals surface area (Å²) in [4.78, 5) is 19.1. The van der Waals surface area contributed by atoms with Gasteiger partial charge in [0.1, 0.15) is 5.69 Å². The van der Waals surface area contributed by atoms with E-state index in [0.717, 1.165) is 38.4 Å². The van der Waals surface area contributed by atoms with Crippen molar-refractivity contribution in [2.75, 3.05) is 39.3 Å². The lowest BCUT2D eigenvalue weighted by molar-refractivity contribution is 0.0946. The zero-order chi connectivity index (χ0) is 16.1. The molecule has 2 N–H and O–H groups in total. The Bertz CT molecular complexity index is 649. The second kappa shape index (κ2) is 7.39. The van der Waals surface area contributed by atoms with Gasteiger partial charge in [0.2, 0.25) is 0 Å². The summed E-state index contributed by atoms with van der Waals surface area (Å²) < 4.78 is 5.33. The number of aryl methyl sites for hydroxylation is 1. The van der Waals surface area contributed by atoms with Crippen molar-refractivity contribution in [2.24, 2.45) is 0 Å². The van der Waals surface area contributed by atoms with E-state index in [4.69, 9.17) is 4.42 Å². The van der Waals surface area contributed by atoms with Crippen molar-refractivity contribution in [1.82, 2.24) is 20.5 Å². The van der Waals surface area contributed by atoms with Crippen LogP contribution in [0.15, 0.2) is 34.9 Å². The van der Waals surface area contributed by atoms with Crippen LogP contribution in [0.1, 0.15) is 16.1 Å². The third kappa shape index (κ3) is 3.97. The van der Waals surface area contributed by atoms with Crippen molar-refractivity contribution in [1.29, 1.82) is 0 Å². The van der Waals surface area contributed by atoms with Gasteiger partial charge in [-0.05, 0) is 31.2 Å². The highest BCUT2D eigenvalue weighted by Gasteiger charge is 2.13. The van der Waals surface area contributed by atoms with E-state index in [1.807, 2.05) is 25.1 Å². The van der Waals surface area contributed by atoms with Gasteiger partial charge < -0.3 is 15.1 Å². The number of hydrogen-bond acceptors (Lipinski definition) is 5. The number of rotatable bonds is 5. The van der Waals surface area contributed by atoms with Gasteiger partial charge in [-0.3, -0.25) is 9.69 Å². The Morgan fingerprint density at radius 3 is 2.87 bits per heavy atom. The molecule has 1 amide bonds. The minimum absolute atomic E-state index is 0.0730. The molecule has 1 aliphatic rings. The molecule has 0 unspecified atom stereocenters. The molecule has 1 saturated heterocycles. The first-order chi connectivity index (χ1) is 11.2. The molecule has 2 aromatic heterocycles. The number of nitrogens with zero attached hydrogens (tertiary/aromatic N) is 2. The van der Waals surface area contributed by atoms with Gasteiger partial charge in [0.05, 0.1) is 17.5 Å². The normalized spacial score (nSPS) is 15.5. The van der Waals surface area contributed by atoms with Gasteiger partial charge in [-0.25, -0.2) is 4.98 Å². The van der Waals surface area contributed by atoms with Crippen LogP contribution in [0.5, 0.6) is 0 Å². The van der Waals surface area contributed by atoms with Crippen LogP contribution >= 0.6 is 0 Å². The monoisotopic (exact) mass is 314 g/mol. The Labute approximate surface area is 135 Å². The van der Waals surface area contributed by atoms with Crippen LogP contribution < -0.4 is 10.6 Å². The topological polar surface area (TPSA) is 70.4 Å². The standard InChI is InChI=1S/C17H22N4O2/c1-13-14(4-5-15(20-13)16-3-2-12-23-16)17(22)19-8-11-21-9-6-18-7-10-21/h2-5,12,18H,6-11H2,1H3,(H,19,22). The van der Waals surface area contributed by atoms with Crippen LogP contribution in [0.3, 0.4) is 0 Å². The molecule has 3 rings (SSSR count). The van der Waals surface area contributed by atoms with Crippen LogP contribution in [0.2, 0.25) is 0 Å². The maximum absolute atomic E-state index is 12.3. The first-order valence-electron chi connectivity index (χ1n) is 7.97. The lowest BCUT2D eigenvalue weighted by Gasteiger charge is -2.27. The number of piperazine rings is 1. The van der Waals surface area contributed by atoms with Gasteiger partial charge in [0.15, 0.2) is 5.76 Å². The summed E-state index contributed by atoms with van der Waals surface area (Å²) in [5.74, 6) is 0.634. The molecule has 3 heterocycles. The van der Waals surface area contributed by atoms with Gasteiger partial charge >= 0.3 is 0 Å². The minimum Gasteiger partial charge on any atom is -0.463 e. The van der Waals surface area contributed by atoms with E-state index in [0.29, 0.717) is 23.6 Å². The van der Waals surface area contributed by atoms with Gasteiger partial charge in [-0.2, -0.15) is 0 Å². The van der Waals surface area contributed by atoms with Crippen molar-refractivity contribution in [3.63, 3.8) is 0 Å². The highest BCUT2D eigenvalue weighted by atomic mass is 16.3. The number of aromatic nitrogens is 1. The molecule has 6 heteroatoms. The van der Waals surface area contributed by atoms with Crippen molar-refractivity contribution in [3.8, 4) is 11.5 Å². The fraction of sp³-hybridized carbons (Fsp3) is 0.412. The summed E-state index contributed by atoms with van der Waals surface area (Å²) in [5.41, 5.74) is 2.06. The molecule has 23 heavy (non-hydrogen) atoms. The molecule has 6 nitrogen and oxygen atoms in total. The summed E-state index contributed by atoms with van der Waals surface area (Å²) in [7, 11) is 0. The van der Waals surface area contributed by atoms with Gasteiger partial charge in [0.25, 0.3) is 5.91 Å². The van der Waals surface area contributed by atoms with Crippen LogP contribution in [0, 0.1) is 6.92 Å². The average Bonchev–Trinajstić information content (AvgIpc) is 3.10. The fourth-order valence-corrected chi connectivity index (χ4v) is 2.72. The average molecular weight is 314 g/mol. The van der Waals surface area contributed by atoms with Crippen LogP contribution in [0.4, 0.5) is 0 Å². The summed E-state index contributed by atoms with van der Waals surface area (Å²) >= 11 is 0. The number of carbonyl (C=O) groups excluding carboxylic acids is 1. The predicted octanol–water partition coefficient (Wildman–Crippen LogP) is 1.29. The predicted molar refractivity (Wildman–Crippen MR) is 88.3 cm³/mol. The molecular weight excluding hydrogens is 292 g/mol. The first-order valence-corrected chi connectivity index (χ1v) is 7.97. The molecule has 0 spiro atoms. The number of carbonyl (C=O) groups is 1. The molecule has 2 aromatic rings. The highest BCUT2D eigenvalue weighted by Crippen LogP contribution is 2.19. The Kier molecular flexibility index (Phi) is 5.05. The maximum atomic E-state index is 12.3. The van der Waals surface area contributed by atoms with E-state index >= 15 is 0 Å². The molecule has 0 saturated carbocycles. The van der Waals surface area contributed by atoms with E-state index in [-0.39, 0.29) is 5.91 Å². The fourth-order valence-electron chi connectivity index (χ4n) is 2.72. The second-order valence-electron chi connectivity index (χ2n) is 5.65. The Morgan fingerprint density at radius 1 is 1.35 bits per heavy atom. The number of pyridine rings is 1.